The zero-order valence-electron chi connectivity index (χ0n) is 15.0. The Morgan fingerprint density at radius 1 is 0.643 bits per heavy atom. The number of hydrogen-bond donors (Lipinski definition) is 0. The maximum atomic E-state index is 6.11. The highest BCUT2D eigenvalue weighted by molar-refractivity contribution is 7.22. The summed E-state index contributed by atoms with van der Waals surface area (Å²) < 4.78 is 1.22. The minimum absolute atomic E-state index is 0.768. The summed E-state index contributed by atoms with van der Waals surface area (Å²) in [4.78, 5) is 5.07. The van der Waals surface area contributed by atoms with E-state index in [2.05, 4.69) is 72.8 Å². The third-order valence-corrected chi connectivity index (χ3v) is 6.52. The second-order valence-corrected chi connectivity index (χ2v) is 8.11. The van der Waals surface area contributed by atoms with E-state index in [-0.39, 0.29) is 0 Å². The van der Waals surface area contributed by atoms with Gasteiger partial charge in [-0.3, -0.25) is 0 Å². The molecule has 0 atom stereocenters. The molecule has 1 aromatic heterocycles. The molecule has 0 aliphatic heterocycles. The molecule has 0 saturated heterocycles. The van der Waals surface area contributed by atoms with Gasteiger partial charge in [-0.05, 0) is 27.6 Å². The van der Waals surface area contributed by atoms with Gasteiger partial charge in [-0.2, -0.15) is 0 Å². The molecule has 0 fully saturated rings. The molecule has 0 N–H and O–H groups in total. The average molecular weight is 371 g/mol. The van der Waals surface area contributed by atoms with Crippen molar-refractivity contribution in [2.75, 3.05) is 0 Å². The van der Waals surface area contributed by atoms with Gasteiger partial charge in [0.25, 0.3) is 0 Å². The van der Waals surface area contributed by atoms with Crippen LogP contribution in [0, 0.1) is 0 Å². The number of rotatable bonds is 1. The SMILES string of the molecule is [B]c1ccc2c3ccccc3c3sc(-c4ccc5ccccc5c4)nc3c2c1. The molecule has 0 aliphatic carbocycles. The number of aromatic nitrogens is 1. The molecule has 0 unspecified atom stereocenters. The van der Waals surface area contributed by atoms with Crippen molar-refractivity contribution in [2.45, 2.75) is 0 Å². The Morgan fingerprint density at radius 2 is 1.39 bits per heavy atom. The Morgan fingerprint density at radius 3 is 2.29 bits per heavy atom. The molecule has 0 saturated carbocycles. The van der Waals surface area contributed by atoms with E-state index in [1.165, 1.54) is 31.6 Å². The summed E-state index contributed by atoms with van der Waals surface area (Å²) in [7, 11) is 6.11. The molecule has 2 radical (unpaired) electrons. The van der Waals surface area contributed by atoms with E-state index in [0.717, 1.165) is 26.9 Å². The van der Waals surface area contributed by atoms with E-state index in [1.807, 2.05) is 12.1 Å². The summed E-state index contributed by atoms with van der Waals surface area (Å²) in [5, 5.41) is 8.35. The largest absolute Gasteiger partial charge is 0.235 e. The fraction of sp³-hybridized carbons (Fsp3) is 0. The van der Waals surface area contributed by atoms with E-state index in [0.29, 0.717) is 0 Å². The molecule has 128 valence electrons. The number of nitrogens with zero attached hydrogens (tertiary/aromatic N) is 1. The van der Waals surface area contributed by atoms with Gasteiger partial charge in [-0.1, -0.05) is 84.3 Å². The summed E-state index contributed by atoms with van der Waals surface area (Å²) >= 11 is 1.76. The third-order valence-electron chi connectivity index (χ3n) is 5.38. The van der Waals surface area contributed by atoms with Crippen LogP contribution >= 0.6 is 11.3 Å². The highest BCUT2D eigenvalue weighted by Gasteiger charge is 2.14. The summed E-state index contributed by atoms with van der Waals surface area (Å²) in [5.41, 5.74) is 2.96. The zero-order valence-corrected chi connectivity index (χ0v) is 15.8. The first-order chi connectivity index (χ1) is 13.8. The lowest BCUT2D eigenvalue weighted by molar-refractivity contribution is 1.50. The topological polar surface area (TPSA) is 12.9 Å². The smallest absolute Gasteiger partial charge is 0.124 e. The van der Waals surface area contributed by atoms with E-state index < -0.39 is 0 Å². The first-order valence-electron chi connectivity index (χ1n) is 9.27. The maximum Gasteiger partial charge on any atom is 0.124 e. The molecule has 0 spiro atoms. The van der Waals surface area contributed by atoms with Crippen molar-refractivity contribution in [3.63, 3.8) is 0 Å². The van der Waals surface area contributed by atoms with Gasteiger partial charge in [-0.25, -0.2) is 4.98 Å². The Labute approximate surface area is 167 Å². The highest BCUT2D eigenvalue weighted by atomic mass is 32.1. The maximum absolute atomic E-state index is 6.11. The van der Waals surface area contributed by atoms with Crippen LogP contribution in [0.5, 0.6) is 0 Å². The molecule has 6 rings (SSSR count). The van der Waals surface area contributed by atoms with Crippen LogP contribution in [-0.4, -0.2) is 12.8 Å². The third kappa shape index (κ3) is 2.30. The fourth-order valence-electron chi connectivity index (χ4n) is 4.04. The lowest BCUT2D eigenvalue weighted by Crippen LogP contribution is -2.00. The first kappa shape index (κ1) is 15.9. The van der Waals surface area contributed by atoms with E-state index >= 15 is 0 Å². The van der Waals surface area contributed by atoms with Crippen molar-refractivity contribution in [2.24, 2.45) is 0 Å². The molecule has 0 amide bonds. The summed E-state index contributed by atoms with van der Waals surface area (Å²) in [6.45, 7) is 0. The molecule has 1 nitrogen and oxygen atoms in total. The van der Waals surface area contributed by atoms with Crippen molar-refractivity contribution in [1.82, 2.24) is 4.98 Å². The van der Waals surface area contributed by atoms with Crippen LogP contribution in [0.25, 0.3) is 53.1 Å². The van der Waals surface area contributed by atoms with E-state index in [1.54, 1.807) is 11.3 Å². The average Bonchev–Trinajstić information content (AvgIpc) is 3.19. The van der Waals surface area contributed by atoms with Crippen LogP contribution in [0.15, 0.2) is 84.9 Å². The van der Waals surface area contributed by atoms with Crippen molar-refractivity contribution < 1.29 is 0 Å². The Bertz CT molecular complexity index is 1530. The minimum Gasteiger partial charge on any atom is -0.235 e. The molecule has 6 aromatic rings. The predicted molar refractivity (Wildman–Crippen MR) is 123 cm³/mol. The molecular formula is C25H14BNS. The van der Waals surface area contributed by atoms with Gasteiger partial charge in [0.2, 0.25) is 0 Å². The molecule has 0 bridgehead atoms. The summed E-state index contributed by atoms with van der Waals surface area (Å²) in [5.74, 6) is 0. The Hall–Kier alpha value is -3.17. The van der Waals surface area contributed by atoms with Gasteiger partial charge in [0, 0.05) is 16.3 Å². The van der Waals surface area contributed by atoms with Crippen LogP contribution in [-0.2, 0) is 0 Å². The molecule has 5 aromatic carbocycles. The highest BCUT2D eigenvalue weighted by Crippen LogP contribution is 2.40. The molecular weight excluding hydrogens is 357 g/mol. The number of thiazole rings is 1. The fourth-order valence-corrected chi connectivity index (χ4v) is 5.16. The number of fused-ring (bicyclic) bond motifs is 7. The number of hydrogen-bond acceptors (Lipinski definition) is 2. The minimum atomic E-state index is 0.768. The van der Waals surface area contributed by atoms with E-state index in [4.69, 9.17) is 12.8 Å². The quantitative estimate of drug-likeness (QED) is 0.247. The Kier molecular flexibility index (Phi) is 3.35. The summed E-state index contributed by atoms with van der Waals surface area (Å²) in [6.07, 6.45) is 0. The van der Waals surface area contributed by atoms with Gasteiger partial charge in [0.15, 0.2) is 0 Å². The lowest BCUT2D eigenvalue weighted by atomic mass is 9.91. The summed E-state index contributed by atoms with van der Waals surface area (Å²) in [6, 6.07) is 29.7. The second-order valence-electron chi connectivity index (χ2n) is 7.11. The molecule has 28 heavy (non-hydrogen) atoms. The first-order valence-corrected chi connectivity index (χ1v) is 10.1. The van der Waals surface area contributed by atoms with Crippen LogP contribution in [0.4, 0.5) is 0 Å². The van der Waals surface area contributed by atoms with Gasteiger partial charge in [0.05, 0.1) is 10.2 Å². The second kappa shape index (κ2) is 5.92. The van der Waals surface area contributed by atoms with Crippen molar-refractivity contribution in [1.29, 1.82) is 0 Å². The van der Waals surface area contributed by atoms with E-state index in [9.17, 15) is 0 Å². The van der Waals surface area contributed by atoms with Crippen LogP contribution in [0.2, 0.25) is 0 Å². The zero-order chi connectivity index (χ0) is 18.7. The lowest BCUT2D eigenvalue weighted by Gasteiger charge is -2.06. The van der Waals surface area contributed by atoms with Gasteiger partial charge in [0.1, 0.15) is 12.9 Å². The van der Waals surface area contributed by atoms with Crippen molar-refractivity contribution in [3.05, 3.63) is 84.9 Å². The normalized spacial score (nSPS) is 11.7. The van der Waals surface area contributed by atoms with Crippen molar-refractivity contribution >= 4 is 67.2 Å². The standard InChI is InChI=1S/C25H14BNS/c26-18-11-12-20-19-7-3-4-8-21(19)24-23(22(20)14-18)27-25(28-24)17-10-9-15-5-1-2-6-16(15)13-17/h1-14H. The van der Waals surface area contributed by atoms with Crippen LogP contribution < -0.4 is 5.46 Å². The molecule has 1 heterocycles. The monoisotopic (exact) mass is 371 g/mol. The van der Waals surface area contributed by atoms with Crippen LogP contribution in [0.1, 0.15) is 0 Å². The Balaban J connectivity index is 1.72. The van der Waals surface area contributed by atoms with Gasteiger partial charge >= 0.3 is 0 Å². The van der Waals surface area contributed by atoms with Gasteiger partial charge < -0.3 is 0 Å². The predicted octanol–water partition coefficient (Wildman–Crippen LogP) is 6.22. The van der Waals surface area contributed by atoms with Crippen molar-refractivity contribution in [3.8, 4) is 10.6 Å². The molecule has 3 heteroatoms. The number of benzene rings is 5. The molecule has 0 aliphatic rings. The van der Waals surface area contributed by atoms with Gasteiger partial charge in [-0.15, -0.1) is 11.3 Å². The van der Waals surface area contributed by atoms with Crippen LogP contribution in [0.3, 0.4) is 0 Å².